The summed E-state index contributed by atoms with van der Waals surface area (Å²) in [7, 11) is 0. The fourth-order valence-corrected chi connectivity index (χ4v) is 1.04. The van der Waals surface area contributed by atoms with E-state index >= 15 is 0 Å². The molecule has 3 N–H and O–H groups in total. The van der Waals surface area contributed by atoms with Crippen molar-refractivity contribution in [3.8, 4) is 0 Å². The van der Waals surface area contributed by atoms with Crippen LogP contribution in [0.25, 0.3) is 0 Å². The van der Waals surface area contributed by atoms with E-state index in [9.17, 15) is 0 Å². The molecule has 1 aromatic rings. The molecule has 4 nitrogen and oxygen atoms in total. The van der Waals surface area contributed by atoms with Crippen LogP contribution in [0.2, 0.25) is 0 Å². The van der Waals surface area contributed by atoms with Crippen LogP contribution in [0.4, 0.5) is 5.82 Å². The summed E-state index contributed by atoms with van der Waals surface area (Å²) in [5.74, 6) is 0.761. The van der Waals surface area contributed by atoms with Crippen molar-refractivity contribution in [2.45, 2.75) is 26.3 Å². The Balaban J connectivity index is 2.78. The second-order valence-corrected chi connectivity index (χ2v) is 3.55. The Labute approximate surface area is 88.9 Å². The highest BCUT2D eigenvalue weighted by molar-refractivity contribution is 7.80. The van der Waals surface area contributed by atoms with Crippen LogP contribution in [0.15, 0.2) is 12.4 Å². The van der Waals surface area contributed by atoms with E-state index < -0.39 is 0 Å². The zero-order valence-corrected chi connectivity index (χ0v) is 9.14. The van der Waals surface area contributed by atoms with Crippen molar-refractivity contribution in [3.63, 3.8) is 0 Å². The van der Waals surface area contributed by atoms with Crippen LogP contribution in [0.3, 0.4) is 0 Å². The number of hydrogen-bond acceptors (Lipinski definition) is 4. The second kappa shape index (κ2) is 4.85. The quantitative estimate of drug-likeness (QED) is 0.734. The molecule has 0 spiro atoms. The minimum Gasteiger partial charge on any atom is -0.388 e. The summed E-state index contributed by atoms with van der Waals surface area (Å²) in [4.78, 5) is 8.32. The number of hydrogen-bond donors (Lipinski definition) is 2. The summed E-state index contributed by atoms with van der Waals surface area (Å²) in [6.07, 6.45) is 2.49. The van der Waals surface area contributed by atoms with E-state index in [-0.39, 0.29) is 0 Å². The van der Waals surface area contributed by atoms with E-state index in [1.165, 1.54) is 6.33 Å². The molecule has 0 aromatic carbocycles. The molecule has 1 aromatic heterocycles. The van der Waals surface area contributed by atoms with Crippen molar-refractivity contribution in [2.24, 2.45) is 5.73 Å². The molecule has 0 fully saturated rings. The zero-order valence-electron chi connectivity index (χ0n) is 8.32. The lowest BCUT2D eigenvalue weighted by atomic mass is 10.2. The first-order valence-electron chi connectivity index (χ1n) is 4.52. The Bertz CT molecular complexity index is 326. The molecule has 1 atom stereocenters. The maximum atomic E-state index is 5.46. The first-order chi connectivity index (χ1) is 6.63. The fraction of sp³-hybridized carbons (Fsp3) is 0.444. The highest BCUT2D eigenvalue weighted by atomic mass is 32.1. The highest BCUT2D eigenvalue weighted by Gasteiger charge is 2.03. The average molecular weight is 210 g/mol. The third-order valence-electron chi connectivity index (χ3n) is 1.93. The molecule has 0 aliphatic rings. The predicted octanol–water partition coefficient (Wildman–Crippen LogP) is 1.32. The third-order valence-corrected chi connectivity index (χ3v) is 2.14. The molecular formula is C9H14N4S. The van der Waals surface area contributed by atoms with Gasteiger partial charge < -0.3 is 11.1 Å². The van der Waals surface area contributed by atoms with Crippen LogP contribution in [0.5, 0.6) is 0 Å². The lowest BCUT2D eigenvalue weighted by molar-refractivity contribution is 0.758. The maximum Gasteiger partial charge on any atom is 0.130 e. The summed E-state index contributed by atoms with van der Waals surface area (Å²) in [6.45, 7) is 4.19. The van der Waals surface area contributed by atoms with Gasteiger partial charge in [0.05, 0.1) is 0 Å². The summed E-state index contributed by atoms with van der Waals surface area (Å²) in [5.41, 5.74) is 6.06. The average Bonchev–Trinajstić information content (AvgIpc) is 2.18. The van der Waals surface area contributed by atoms with Crippen LogP contribution in [-0.4, -0.2) is 21.0 Å². The number of rotatable bonds is 4. The van der Waals surface area contributed by atoms with Gasteiger partial charge in [-0.1, -0.05) is 19.1 Å². The van der Waals surface area contributed by atoms with Gasteiger partial charge in [0.2, 0.25) is 0 Å². The lowest BCUT2D eigenvalue weighted by Crippen LogP contribution is -2.17. The number of thiocarbonyl (C=S) groups is 1. The van der Waals surface area contributed by atoms with Gasteiger partial charge in [-0.25, -0.2) is 9.97 Å². The molecule has 0 amide bonds. The van der Waals surface area contributed by atoms with Gasteiger partial charge in [0, 0.05) is 12.1 Å². The van der Waals surface area contributed by atoms with Gasteiger partial charge in [0.1, 0.15) is 22.8 Å². The van der Waals surface area contributed by atoms with E-state index in [1.54, 1.807) is 6.07 Å². The van der Waals surface area contributed by atoms with Crippen molar-refractivity contribution >= 4 is 23.0 Å². The number of nitrogens with zero attached hydrogens (tertiary/aromatic N) is 2. The Hall–Kier alpha value is -1.23. The van der Waals surface area contributed by atoms with E-state index in [1.807, 2.05) is 0 Å². The predicted molar refractivity (Wildman–Crippen MR) is 61.3 cm³/mol. The van der Waals surface area contributed by atoms with Gasteiger partial charge in [-0.3, -0.25) is 0 Å². The Morgan fingerprint density at radius 1 is 1.64 bits per heavy atom. The van der Waals surface area contributed by atoms with Crippen molar-refractivity contribution < 1.29 is 0 Å². The molecule has 0 bridgehead atoms. The Morgan fingerprint density at radius 3 is 2.93 bits per heavy atom. The number of aromatic nitrogens is 2. The van der Waals surface area contributed by atoms with E-state index in [0.29, 0.717) is 16.7 Å². The van der Waals surface area contributed by atoms with Crippen LogP contribution >= 0.6 is 12.2 Å². The van der Waals surface area contributed by atoms with Gasteiger partial charge in [0.25, 0.3) is 0 Å². The monoisotopic (exact) mass is 210 g/mol. The summed E-state index contributed by atoms with van der Waals surface area (Å²) in [5, 5.41) is 3.22. The highest BCUT2D eigenvalue weighted by Crippen LogP contribution is 2.06. The minimum absolute atomic E-state index is 0.291. The van der Waals surface area contributed by atoms with Gasteiger partial charge in [-0.15, -0.1) is 0 Å². The molecule has 0 radical (unpaired) electrons. The van der Waals surface area contributed by atoms with E-state index in [0.717, 1.165) is 12.2 Å². The zero-order chi connectivity index (χ0) is 10.6. The summed E-state index contributed by atoms with van der Waals surface area (Å²) >= 11 is 4.82. The first kappa shape index (κ1) is 10.8. The number of anilines is 1. The molecule has 0 saturated heterocycles. The van der Waals surface area contributed by atoms with Crippen LogP contribution in [0.1, 0.15) is 26.0 Å². The van der Waals surface area contributed by atoms with Gasteiger partial charge in [-0.2, -0.15) is 0 Å². The van der Waals surface area contributed by atoms with Crippen molar-refractivity contribution in [2.75, 3.05) is 5.32 Å². The molecule has 0 aliphatic heterocycles. The van der Waals surface area contributed by atoms with Crippen molar-refractivity contribution in [3.05, 3.63) is 18.1 Å². The molecule has 5 heteroatoms. The van der Waals surface area contributed by atoms with Gasteiger partial charge in [-0.05, 0) is 13.3 Å². The van der Waals surface area contributed by atoms with E-state index in [4.69, 9.17) is 18.0 Å². The van der Waals surface area contributed by atoms with Crippen LogP contribution in [-0.2, 0) is 0 Å². The molecule has 1 rings (SSSR count). The minimum atomic E-state index is 0.291. The molecular weight excluding hydrogens is 196 g/mol. The summed E-state index contributed by atoms with van der Waals surface area (Å²) in [6, 6.07) is 2.14. The molecule has 76 valence electrons. The van der Waals surface area contributed by atoms with Crippen molar-refractivity contribution in [1.82, 2.24) is 9.97 Å². The van der Waals surface area contributed by atoms with E-state index in [2.05, 4.69) is 29.1 Å². The standard InChI is InChI=1S/C9H14N4S/c1-3-6(2)13-8-4-7(9(10)14)11-5-12-8/h4-6H,3H2,1-2H3,(H2,10,14)(H,11,12,13). The number of nitrogens with two attached hydrogens (primary N) is 1. The second-order valence-electron chi connectivity index (χ2n) is 3.11. The lowest BCUT2D eigenvalue weighted by Gasteiger charge is -2.11. The SMILES string of the molecule is CCC(C)Nc1cc(C(N)=S)ncn1. The Morgan fingerprint density at radius 2 is 2.36 bits per heavy atom. The van der Waals surface area contributed by atoms with Crippen LogP contribution in [0, 0.1) is 0 Å². The maximum absolute atomic E-state index is 5.46. The normalized spacial score (nSPS) is 12.1. The Kier molecular flexibility index (Phi) is 3.76. The molecule has 0 aliphatic carbocycles. The number of nitrogens with one attached hydrogen (secondary N) is 1. The largest absolute Gasteiger partial charge is 0.388 e. The molecule has 1 heterocycles. The molecule has 0 saturated carbocycles. The van der Waals surface area contributed by atoms with Crippen LogP contribution < -0.4 is 11.1 Å². The van der Waals surface area contributed by atoms with Crippen molar-refractivity contribution in [1.29, 1.82) is 0 Å². The molecule has 1 unspecified atom stereocenters. The first-order valence-corrected chi connectivity index (χ1v) is 4.92. The summed E-state index contributed by atoms with van der Waals surface area (Å²) < 4.78 is 0. The smallest absolute Gasteiger partial charge is 0.130 e. The fourth-order valence-electron chi connectivity index (χ4n) is 0.926. The van der Waals surface area contributed by atoms with Gasteiger partial charge >= 0.3 is 0 Å². The topological polar surface area (TPSA) is 63.8 Å². The third kappa shape index (κ3) is 2.92. The van der Waals surface area contributed by atoms with Gasteiger partial charge in [0.15, 0.2) is 0 Å². The molecule has 14 heavy (non-hydrogen) atoms.